The summed E-state index contributed by atoms with van der Waals surface area (Å²) >= 11 is 1.39. The van der Waals surface area contributed by atoms with Crippen LogP contribution in [-0.4, -0.2) is 39.0 Å². The van der Waals surface area contributed by atoms with E-state index in [1.807, 2.05) is 30.3 Å². The maximum atomic E-state index is 10.5. The predicted octanol–water partition coefficient (Wildman–Crippen LogP) is 5.20. The Bertz CT molecular complexity index is 363. The number of carboxylic acid groups (broad SMARTS) is 1. The van der Waals surface area contributed by atoms with Gasteiger partial charge in [-0.15, -0.1) is 0 Å². The Morgan fingerprint density at radius 2 is 1.67 bits per heavy atom. The van der Waals surface area contributed by atoms with Crippen LogP contribution in [0.25, 0.3) is 0 Å². The van der Waals surface area contributed by atoms with Gasteiger partial charge in [-0.05, 0) is 12.5 Å². The van der Waals surface area contributed by atoms with Crippen molar-refractivity contribution in [3.8, 4) is 0 Å². The molecular formula is C18H29NaO2. The number of carboxylic acids is 1. The topological polar surface area (TPSA) is 37.3 Å². The van der Waals surface area contributed by atoms with Crippen molar-refractivity contribution < 1.29 is 9.90 Å². The molecule has 0 radical (unpaired) electrons. The van der Waals surface area contributed by atoms with Gasteiger partial charge in [0.25, 0.3) is 0 Å². The fraction of sp³-hybridized carbons (Fsp3) is 0.611. The summed E-state index contributed by atoms with van der Waals surface area (Å²) in [6.07, 6.45) is 8.71. The zero-order valence-electron chi connectivity index (χ0n) is 14.1. The summed E-state index contributed by atoms with van der Waals surface area (Å²) in [5.41, 5.74) is 0.847. The van der Waals surface area contributed by atoms with Gasteiger partial charge < -0.3 is 5.11 Å². The maximum absolute atomic E-state index is 10.5. The Morgan fingerprint density at radius 1 is 1.10 bits per heavy atom. The molecule has 1 rings (SSSR count). The van der Waals surface area contributed by atoms with Gasteiger partial charge in [0.15, 0.2) is 0 Å². The first-order chi connectivity index (χ1) is 9.99. The van der Waals surface area contributed by atoms with Gasteiger partial charge >= 0.3 is 89.4 Å². The first-order valence-electron chi connectivity index (χ1n) is 8.26. The molecule has 0 aromatic heterocycles. The number of hydrogen-bond donors (Lipinski definition) is 1. The van der Waals surface area contributed by atoms with Gasteiger partial charge in [0.05, 0.1) is 5.92 Å². The molecular weight excluding hydrogens is 271 g/mol. The van der Waals surface area contributed by atoms with Gasteiger partial charge in [-0.25, -0.2) is 0 Å². The SMILES string of the molecule is CC(C(=O)O)c1ccccc1.CCCCCCC[CH](C)[Na]. The molecule has 2 nitrogen and oxygen atoms in total. The van der Waals surface area contributed by atoms with Crippen LogP contribution in [0.15, 0.2) is 30.3 Å². The van der Waals surface area contributed by atoms with Crippen molar-refractivity contribution in [2.24, 2.45) is 0 Å². The van der Waals surface area contributed by atoms with Gasteiger partial charge in [0.2, 0.25) is 0 Å². The van der Waals surface area contributed by atoms with Crippen LogP contribution < -0.4 is 0 Å². The summed E-state index contributed by atoms with van der Waals surface area (Å²) < 4.78 is 1.04. The van der Waals surface area contributed by atoms with E-state index in [2.05, 4.69) is 13.8 Å². The third-order valence-electron chi connectivity index (χ3n) is 3.56. The fourth-order valence-electron chi connectivity index (χ4n) is 2.04. The molecule has 0 heterocycles. The van der Waals surface area contributed by atoms with Crippen molar-refractivity contribution in [1.82, 2.24) is 0 Å². The van der Waals surface area contributed by atoms with Crippen LogP contribution in [0.1, 0.15) is 70.8 Å². The monoisotopic (exact) mass is 300 g/mol. The molecule has 21 heavy (non-hydrogen) atoms. The molecule has 2 unspecified atom stereocenters. The first-order valence-corrected chi connectivity index (χ1v) is 9.42. The van der Waals surface area contributed by atoms with E-state index in [1.54, 1.807) is 6.92 Å². The summed E-state index contributed by atoms with van der Waals surface area (Å²) in [4.78, 5) is 10.5. The second-order valence-electron chi connectivity index (χ2n) is 6.07. The van der Waals surface area contributed by atoms with E-state index in [1.165, 1.54) is 66.5 Å². The second kappa shape index (κ2) is 13.4. The van der Waals surface area contributed by atoms with Crippen molar-refractivity contribution in [3.05, 3.63) is 35.9 Å². The molecule has 3 heteroatoms. The van der Waals surface area contributed by atoms with E-state index < -0.39 is 11.9 Å². The molecule has 0 amide bonds. The van der Waals surface area contributed by atoms with Crippen LogP contribution in [0.5, 0.6) is 0 Å². The average molecular weight is 300 g/mol. The average Bonchev–Trinajstić information content (AvgIpc) is 2.47. The zero-order chi connectivity index (χ0) is 16.1. The fourth-order valence-corrected chi connectivity index (χ4v) is 2.45. The molecule has 0 spiro atoms. The normalized spacial score (nSPS) is 13.0. The molecule has 114 valence electrons. The molecule has 0 saturated heterocycles. The molecule has 0 bridgehead atoms. The molecule has 2 atom stereocenters. The number of unbranched alkanes of at least 4 members (excludes halogenated alkanes) is 4. The van der Waals surface area contributed by atoms with E-state index in [0.717, 1.165) is 8.73 Å². The summed E-state index contributed by atoms with van der Waals surface area (Å²) in [5.74, 6) is -1.19. The van der Waals surface area contributed by atoms with E-state index >= 15 is 0 Å². The predicted molar refractivity (Wildman–Crippen MR) is 91.0 cm³/mol. The molecule has 0 saturated carbocycles. The van der Waals surface area contributed by atoms with Crippen LogP contribution in [0.2, 0.25) is 3.17 Å². The number of carbonyl (C=O) groups is 1. The number of benzene rings is 1. The van der Waals surface area contributed by atoms with Crippen molar-refractivity contribution in [3.63, 3.8) is 0 Å². The van der Waals surface area contributed by atoms with Crippen LogP contribution >= 0.6 is 0 Å². The summed E-state index contributed by atoms with van der Waals surface area (Å²) in [6, 6.07) is 9.19. The first kappa shape index (κ1) is 20.7. The third-order valence-corrected chi connectivity index (χ3v) is 4.13. The van der Waals surface area contributed by atoms with Gasteiger partial charge in [0, 0.05) is 0 Å². The standard InChI is InChI=1S/C9H10O2.C9H19.Na/c1-7(9(10)11)8-5-3-2-4-6-8;1-3-5-7-9-8-6-4-2;/h2-7H,1H3,(H,10,11);3H,4-9H2,1-2H3;. The molecule has 0 aliphatic carbocycles. The van der Waals surface area contributed by atoms with Crippen molar-refractivity contribution in [2.75, 3.05) is 0 Å². The number of rotatable bonds is 8. The van der Waals surface area contributed by atoms with Crippen molar-refractivity contribution in [1.29, 1.82) is 0 Å². The second-order valence-corrected chi connectivity index (χ2v) is 8.04. The third kappa shape index (κ3) is 12.0. The van der Waals surface area contributed by atoms with Gasteiger partial charge in [-0.2, -0.15) is 0 Å². The Balaban J connectivity index is 0.000000384. The molecule has 0 aliphatic rings. The molecule has 0 aliphatic heterocycles. The Kier molecular flexibility index (Phi) is 13.2. The van der Waals surface area contributed by atoms with Crippen molar-refractivity contribution in [2.45, 2.75) is 68.4 Å². The van der Waals surface area contributed by atoms with Gasteiger partial charge in [-0.3, -0.25) is 4.79 Å². The van der Waals surface area contributed by atoms with E-state index in [0.29, 0.717) is 0 Å². The quantitative estimate of drug-likeness (QED) is 0.529. The van der Waals surface area contributed by atoms with E-state index in [-0.39, 0.29) is 0 Å². The molecule has 1 aromatic carbocycles. The minimum atomic E-state index is -0.781. The molecule has 1 aromatic rings. The molecule has 1 N–H and O–H groups in total. The summed E-state index contributed by atoms with van der Waals surface area (Å²) in [7, 11) is 0. The van der Waals surface area contributed by atoms with Gasteiger partial charge in [-0.1, -0.05) is 30.3 Å². The molecule has 0 fully saturated rings. The Hall–Kier alpha value is -0.310. The van der Waals surface area contributed by atoms with E-state index in [4.69, 9.17) is 5.11 Å². The van der Waals surface area contributed by atoms with Crippen molar-refractivity contribution >= 4 is 33.9 Å². The minimum absolute atomic E-state index is 0.406. The van der Waals surface area contributed by atoms with Crippen LogP contribution in [0, 0.1) is 0 Å². The van der Waals surface area contributed by atoms with E-state index in [9.17, 15) is 4.79 Å². The van der Waals surface area contributed by atoms with Gasteiger partial charge in [0.1, 0.15) is 0 Å². The van der Waals surface area contributed by atoms with Crippen LogP contribution in [0.4, 0.5) is 0 Å². The number of aliphatic carboxylic acids is 1. The Morgan fingerprint density at radius 3 is 2.14 bits per heavy atom. The van der Waals surface area contributed by atoms with Crippen LogP contribution in [0.3, 0.4) is 0 Å². The Labute approximate surface area is 147 Å². The summed E-state index contributed by atoms with van der Waals surface area (Å²) in [5, 5.41) is 8.64. The number of hydrogen-bond acceptors (Lipinski definition) is 1. The summed E-state index contributed by atoms with van der Waals surface area (Å²) in [6.45, 7) is 6.32. The zero-order valence-corrected chi connectivity index (χ0v) is 16.1. The van der Waals surface area contributed by atoms with Crippen LogP contribution in [-0.2, 0) is 4.79 Å².